The van der Waals surface area contributed by atoms with Gasteiger partial charge in [0.2, 0.25) is 0 Å². The van der Waals surface area contributed by atoms with Gasteiger partial charge in [0.05, 0.1) is 0 Å². The molecule has 8 aliphatic rings. The van der Waals surface area contributed by atoms with Crippen molar-refractivity contribution in [2.75, 3.05) is 0 Å². The molecule has 0 aromatic carbocycles. The van der Waals surface area contributed by atoms with Crippen LogP contribution < -0.4 is 0 Å². The van der Waals surface area contributed by atoms with Crippen LogP contribution in [0.25, 0.3) is 0 Å². The van der Waals surface area contributed by atoms with Crippen LogP contribution in [-0.2, 0) is 28.6 Å². The third-order valence-electron chi connectivity index (χ3n) is 11.8. The Morgan fingerprint density at radius 1 is 0.568 bits per heavy atom. The minimum Gasteiger partial charge on any atom is -0.459 e. The highest BCUT2D eigenvalue weighted by molar-refractivity contribution is 5.88. The topological polar surface area (TPSA) is 78.9 Å². The second kappa shape index (κ2) is 14.0. The highest BCUT2D eigenvalue weighted by Gasteiger charge is 2.55. The van der Waals surface area contributed by atoms with Crippen molar-refractivity contribution in [2.24, 2.45) is 41.4 Å². The minimum absolute atomic E-state index is 0.106. The summed E-state index contributed by atoms with van der Waals surface area (Å²) in [5.41, 5.74) is 1.46. The Balaban J connectivity index is 0.000000133. The quantitative estimate of drug-likeness (QED) is 0.171. The van der Waals surface area contributed by atoms with Crippen LogP contribution in [0.4, 0.5) is 0 Å². The Hall–Kier alpha value is -2.37. The van der Waals surface area contributed by atoms with E-state index in [9.17, 15) is 14.4 Å². The first-order chi connectivity index (χ1) is 20.9. The molecule has 8 fully saturated rings. The zero-order valence-corrected chi connectivity index (χ0v) is 27.6. The van der Waals surface area contributed by atoms with Crippen molar-refractivity contribution in [1.82, 2.24) is 0 Å². The standard InChI is InChI=1S/2C14H20O2.C10H16O2/c1-9(2)13(15)16-14-6-10-3-11(7-14)5-12(4-10)8-14;1-8(2)14(15)16-13-7-9-6-12(13)11-5-3-4-10(9)11;1-8(2)10(11)12-9-6-4-3-5-7-9/h10-12H,1,3-8H2,2H3;9-13H,1,3-7H2,2H3;9H,1,3-7H2,2H3. The van der Waals surface area contributed by atoms with Crippen LogP contribution in [0, 0.1) is 41.4 Å². The number of carbonyl (C=O) groups excluding carboxylic acids is 3. The second-order valence-electron chi connectivity index (χ2n) is 15.6. The van der Waals surface area contributed by atoms with Crippen molar-refractivity contribution in [3.63, 3.8) is 0 Å². The van der Waals surface area contributed by atoms with E-state index in [2.05, 4.69) is 19.7 Å². The van der Waals surface area contributed by atoms with E-state index in [-0.39, 0.29) is 35.7 Å². The zero-order chi connectivity index (χ0) is 31.6. The minimum atomic E-state index is -0.234. The molecule has 6 heteroatoms. The van der Waals surface area contributed by atoms with E-state index in [1.165, 1.54) is 64.2 Å². The van der Waals surface area contributed by atoms with E-state index in [0.29, 0.717) is 22.6 Å². The fourth-order valence-corrected chi connectivity index (χ4v) is 10.3. The Kier molecular flexibility index (Phi) is 10.5. The molecule has 0 amide bonds. The molecule has 0 spiro atoms. The summed E-state index contributed by atoms with van der Waals surface area (Å²) in [5, 5.41) is 0. The van der Waals surface area contributed by atoms with Crippen molar-refractivity contribution in [1.29, 1.82) is 0 Å². The molecule has 0 saturated heterocycles. The molecule has 5 atom stereocenters. The van der Waals surface area contributed by atoms with Gasteiger partial charge in [-0.1, -0.05) is 32.6 Å². The summed E-state index contributed by atoms with van der Waals surface area (Å²) in [6, 6.07) is 0. The molecule has 8 aliphatic carbocycles. The first-order valence-electron chi connectivity index (χ1n) is 17.5. The maximum Gasteiger partial charge on any atom is 0.333 e. The fraction of sp³-hybridized carbons (Fsp3) is 0.763. The number of hydrogen-bond acceptors (Lipinski definition) is 6. The molecule has 0 aromatic heterocycles. The van der Waals surface area contributed by atoms with Crippen LogP contribution >= 0.6 is 0 Å². The Bertz CT molecular complexity index is 1090. The first kappa shape index (κ1) is 33.0. The van der Waals surface area contributed by atoms with Crippen LogP contribution in [0.3, 0.4) is 0 Å². The third-order valence-corrected chi connectivity index (χ3v) is 11.8. The van der Waals surface area contributed by atoms with Gasteiger partial charge in [-0.15, -0.1) is 0 Å². The Morgan fingerprint density at radius 2 is 1.09 bits per heavy atom. The predicted molar refractivity (Wildman–Crippen MR) is 171 cm³/mol. The van der Waals surface area contributed by atoms with Crippen LogP contribution in [0.15, 0.2) is 36.5 Å². The molecule has 0 N–H and O–H groups in total. The number of carbonyl (C=O) groups is 3. The molecule has 0 heterocycles. The molecule has 5 unspecified atom stereocenters. The summed E-state index contributed by atoms with van der Waals surface area (Å²) in [6.45, 7) is 16.0. The van der Waals surface area contributed by atoms with Gasteiger partial charge < -0.3 is 14.2 Å². The van der Waals surface area contributed by atoms with Crippen LogP contribution in [0.1, 0.15) is 124 Å². The second-order valence-corrected chi connectivity index (χ2v) is 15.6. The molecule has 0 radical (unpaired) electrons. The summed E-state index contributed by atoms with van der Waals surface area (Å²) in [7, 11) is 0. The molecule has 0 aliphatic heterocycles. The van der Waals surface area contributed by atoms with Gasteiger partial charge in [0.1, 0.15) is 17.8 Å². The number of esters is 3. The molecule has 244 valence electrons. The SMILES string of the molecule is C=C(C)C(=O)OC12CC3CC(CC(C3)C1)C2.C=C(C)C(=O)OC1CC2CC1C1CCCC21.C=C(C)C(=O)OC1CCCCC1. The highest BCUT2D eigenvalue weighted by Crippen LogP contribution is 2.59. The van der Waals surface area contributed by atoms with Gasteiger partial charge in [-0.05, 0) is 152 Å². The zero-order valence-electron chi connectivity index (χ0n) is 27.6. The summed E-state index contributed by atoms with van der Waals surface area (Å²) in [6.07, 6.45) is 20.1. The van der Waals surface area contributed by atoms with Crippen molar-refractivity contribution in [3.8, 4) is 0 Å². The van der Waals surface area contributed by atoms with Gasteiger partial charge in [0, 0.05) is 16.7 Å². The third kappa shape index (κ3) is 7.70. The van der Waals surface area contributed by atoms with E-state index in [1.54, 1.807) is 20.8 Å². The van der Waals surface area contributed by atoms with Crippen molar-refractivity contribution >= 4 is 17.9 Å². The number of rotatable bonds is 6. The van der Waals surface area contributed by atoms with E-state index >= 15 is 0 Å². The monoisotopic (exact) mass is 608 g/mol. The van der Waals surface area contributed by atoms with Gasteiger partial charge >= 0.3 is 17.9 Å². The van der Waals surface area contributed by atoms with Gasteiger partial charge in [0.25, 0.3) is 0 Å². The molecule has 0 aromatic rings. The average Bonchev–Trinajstić information content (AvgIpc) is 3.68. The largest absolute Gasteiger partial charge is 0.459 e. The Morgan fingerprint density at radius 3 is 1.64 bits per heavy atom. The van der Waals surface area contributed by atoms with Crippen molar-refractivity contribution in [2.45, 2.75) is 141 Å². The van der Waals surface area contributed by atoms with E-state index in [4.69, 9.17) is 14.2 Å². The van der Waals surface area contributed by atoms with Crippen molar-refractivity contribution in [3.05, 3.63) is 36.5 Å². The van der Waals surface area contributed by atoms with Crippen LogP contribution in [0.5, 0.6) is 0 Å². The molecule has 8 rings (SSSR count). The summed E-state index contributed by atoms with van der Waals surface area (Å²) in [5.74, 6) is 5.21. The molecule has 6 nitrogen and oxygen atoms in total. The molecule has 44 heavy (non-hydrogen) atoms. The van der Waals surface area contributed by atoms with Gasteiger partial charge in [0.15, 0.2) is 0 Å². The summed E-state index contributed by atoms with van der Waals surface area (Å²) in [4.78, 5) is 34.3. The smallest absolute Gasteiger partial charge is 0.333 e. The summed E-state index contributed by atoms with van der Waals surface area (Å²) < 4.78 is 16.6. The maximum atomic E-state index is 11.7. The van der Waals surface area contributed by atoms with Gasteiger partial charge in [-0.3, -0.25) is 0 Å². The lowest BCUT2D eigenvalue weighted by Crippen LogP contribution is -2.52. The van der Waals surface area contributed by atoms with E-state index in [1.807, 2.05) is 0 Å². The lowest BCUT2D eigenvalue weighted by molar-refractivity contribution is -0.182. The molecular formula is C38H56O6. The fourth-order valence-electron chi connectivity index (χ4n) is 10.3. The lowest BCUT2D eigenvalue weighted by atomic mass is 9.54. The highest BCUT2D eigenvalue weighted by atomic mass is 16.6. The summed E-state index contributed by atoms with van der Waals surface area (Å²) >= 11 is 0. The van der Waals surface area contributed by atoms with E-state index < -0.39 is 0 Å². The van der Waals surface area contributed by atoms with E-state index in [0.717, 1.165) is 74.0 Å². The Labute approximate surface area is 265 Å². The normalized spacial score (nSPS) is 37.4. The molecule has 8 saturated carbocycles. The maximum absolute atomic E-state index is 11.7. The van der Waals surface area contributed by atoms with Gasteiger partial charge in [-0.25, -0.2) is 14.4 Å². The lowest BCUT2D eigenvalue weighted by Gasteiger charge is -2.55. The number of hydrogen-bond donors (Lipinski definition) is 0. The van der Waals surface area contributed by atoms with Crippen LogP contribution in [-0.4, -0.2) is 35.7 Å². The van der Waals surface area contributed by atoms with Gasteiger partial charge in [-0.2, -0.15) is 0 Å². The predicted octanol–water partition coefficient (Wildman–Crippen LogP) is 8.44. The molecular weight excluding hydrogens is 552 g/mol. The number of fused-ring (bicyclic) bond motifs is 5. The van der Waals surface area contributed by atoms with Crippen LogP contribution in [0.2, 0.25) is 0 Å². The number of ether oxygens (including phenoxy) is 3. The average molecular weight is 609 g/mol. The van der Waals surface area contributed by atoms with Crippen molar-refractivity contribution < 1.29 is 28.6 Å². The molecule has 6 bridgehead atoms. The first-order valence-corrected chi connectivity index (χ1v) is 17.5.